The van der Waals surface area contributed by atoms with Crippen LogP contribution in [0.1, 0.15) is 58.9 Å². The van der Waals surface area contributed by atoms with E-state index in [0.29, 0.717) is 12.8 Å². The second-order valence-electron chi connectivity index (χ2n) is 8.80. The average molecular weight is 484 g/mol. The summed E-state index contributed by atoms with van der Waals surface area (Å²) in [5, 5.41) is 2.84. The van der Waals surface area contributed by atoms with Gasteiger partial charge in [-0.2, -0.15) is 0 Å². The van der Waals surface area contributed by atoms with Crippen LogP contribution in [0.3, 0.4) is 0 Å². The number of nitrogens with one attached hydrogen (secondary N) is 1. The Balaban J connectivity index is 2.13. The molecule has 0 saturated carbocycles. The highest BCUT2D eigenvalue weighted by atomic mass is 16.5. The van der Waals surface area contributed by atoms with Crippen LogP contribution in [-0.4, -0.2) is 43.2 Å². The van der Waals surface area contributed by atoms with Gasteiger partial charge in [0.05, 0.1) is 6.61 Å². The molecule has 0 atom stereocenters. The molecule has 190 valence electrons. The second-order valence-corrected chi connectivity index (χ2v) is 8.80. The standard InChI is InChI=1S/C28H37NO6/c1-5-6-7-17-33-27-13-11-25(12-14-27)26-10-8-9-24(18-26)15-16-28(29-21(2)30,19-34-22(3)31)20-35-23(4)32/h8-14,18H,5-7,15-17,19-20H2,1-4H3,(H,29,30). The largest absolute Gasteiger partial charge is 0.494 e. The topological polar surface area (TPSA) is 90.9 Å². The molecule has 0 fully saturated rings. The Bertz CT molecular complexity index is 952. The maximum atomic E-state index is 11.9. The fraction of sp³-hybridized carbons (Fsp3) is 0.464. The highest BCUT2D eigenvalue weighted by Crippen LogP contribution is 2.25. The molecule has 2 rings (SSSR count). The Morgan fingerprint density at radius 2 is 1.51 bits per heavy atom. The van der Waals surface area contributed by atoms with E-state index in [9.17, 15) is 14.4 Å². The van der Waals surface area contributed by atoms with Gasteiger partial charge < -0.3 is 19.5 Å². The van der Waals surface area contributed by atoms with Crippen LogP contribution in [-0.2, 0) is 30.3 Å². The van der Waals surface area contributed by atoms with Crippen molar-refractivity contribution >= 4 is 17.8 Å². The molecule has 7 nitrogen and oxygen atoms in total. The van der Waals surface area contributed by atoms with Gasteiger partial charge in [0.1, 0.15) is 24.5 Å². The van der Waals surface area contributed by atoms with E-state index in [2.05, 4.69) is 18.3 Å². The number of carbonyl (C=O) groups excluding carboxylic acids is 3. The van der Waals surface area contributed by atoms with Crippen molar-refractivity contribution in [3.63, 3.8) is 0 Å². The van der Waals surface area contributed by atoms with Crippen molar-refractivity contribution < 1.29 is 28.6 Å². The maximum Gasteiger partial charge on any atom is 0.302 e. The molecule has 1 N–H and O–H groups in total. The van der Waals surface area contributed by atoms with E-state index < -0.39 is 17.5 Å². The summed E-state index contributed by atoms with van der Waals surface area (Å²) >= 11 is 0. The third-order valence-corrected chi connectivity index (χ3v) is 5.57. The van der Waals surface area contributed by atoms with E-state index in [-0.39, 0.29) is 19.1 Å². The molecule has 0 aliphatic carbocycles. The zero-order valence-electron chi connectivity index (χ0n) is 21.2. The van der Waals surface area contributed by atoms with Crippen LogP contribution in [0.4, 0.5) is 0 Å². The first-order valence-electron chi connectivity index (χ1n) is 12.1. The highest BCUT2D eigenvalue weighted by molar-refractivity contribution is 5.74. The molecule has 0 aliphatic heterocycles. The summed E-state index contributed by atoms with van der Waals surface area (Å²) in [6.07, 6.45) is 4.37. The molecule has 7 heteroatoms. The normalized spacial score (nSPS) is 11.0. The van der Waals surface area contributed by atoms with E-state index in [1.165, 1.54) is 20.8 Å². The van der Waals surface area contributed by atoms with Gasteiger partial charge >= 0.3 is 11.9 Å². The summed E-state index contributed by atoms with van der Waals surface area (Å²) < 4.78 is 16.2. The number of rotatable bonds is 14. The van der Waals surface area contributed by atoms with Crippen molar-refractivity contribution in [3.05, 3.63) is 54.1 Å². The second kappa shape index (κ2) is 14.1. The molecular formula is C28H37NO6. The summed E-state index contributed by atoms with van der Waals surface area (Å²) in [4.78, 5) is 34.8. The minimum Gasteiger partial charge on any atom is -0.494 e. The Morgan fingerprint density at radius 1 is 0.857 bits per heavy atom. The highest BCUT2D eigenvalue weighted by Gasteiger charge is 2.34. The molecule has 0 saturated heterocycles. The van der Waals surface area contributed by atoms with Crippen molar-refractivity contribution in [2.45, 2.75) is 65.3 Å². The minimum absolute atomic E-state index is 0.0887. The van der Waals surface area contributed by atoms with Gasteiger partial charge in [-0.15, -0.1) is 0 Å². The fourth-order valence-electron chi connectivity index (χ4n) is 3.75. The van der Waals surface area contributed by atoms with Crippen molar-refractivity contribution in [2.24, 2.45) is 0 Å². The first kappa shape index (κ1) is 27.9. The number of carbonyl (C=O) groups is 3. The number of esters is 2. The van der Waals surface area contributed by atoms with Gasteiger partial charge in [0.25, 0.3) is 0 Å². The monoisotopic (exact) mass is 483 g/mol. The van der Waals surface area contributed by atoms with E-state index in [1.807, 2.05) is 42.5 Å². The number of benzene rings is 2. The predicted octanol–water partition coefficient (Wildman–Crippen LogP) is 4.86. The molecule has 0 heterocycles. The van der Waals surface area contributed by atoms with Gasteiger partial charge in [-0.1, -0.05) is 56.2 Å². The predicted molar refractivity (Wildman–Crippen MR) is 135 cm³/mol. The first-order valence-corrected chi connectivity index (χ1v) is 12.1. The number of ether oxygens (including phenoxy) is 3. The maximum absolute atomic E-state index is 11.9. The number of unbranched alkanes of at least 4 members (excludes halogenated alkanes) is 2. The van der Waals surface area contributed by atoms with Crippen molar-refractivity contribution in [1.82, 2.24) is 5.32 Å². The minimum atomic E-state index is -1.02. The zero-order chi connectivity index (χ0) is 25.7. The van der Waals surface area contributed by atoms with Crippen LogP contribution in [0, 0.1) is 0 Å². The summed E-state index contributed by atoms with van der Waals surface area (Å²) in [7, 11) is 0. The molecule has 2 aromatic carbocycles. The van der Waals surface area contributed by atoms with E-state index in [4.69, 9.17) is 14.2 Å². The van der Waals surface area contributed by atoms with Crippen LogP contribution in [0.15, 0.2) is 48.5 Å². The van der Waals surface area contributed by atoms with Crippen LogP contribution in [0.25, 0.3) is 11.1 Å². The fourth-order valence-corrected chi connectivity index (χ4v) is 3.75. The molecule has 0 spiro atoms. The third-order valence-electron chi connectivity index (χ3n) is 5.57. The lowest BCUT2D eigenvalue weighted by atomic mass is 9.91. The molecule has 0 radical (unpaired) electrons. The lowest BCUT2D eigenvalue weighted by Crippen LogP contribution is -2.55. The number of amides is 1. The summed E-state index contributed by atoms with van der Waals surface area (Å²) in [6.45, 7) is 6.70. The molecule has 0 bridgehead atoms. The SMILES string of the molecule is CCCCCOc1ccc(-c2cccc(CCC(COC(C)=O)(COC(C)=O)NC(C)=O)c2)cc1. The Hall–Kier alpha value is -3.35. The van der Waals surface area contributed by atoms with Gasteiger partial charge in [0.2, 0.25) is 5.91 Å². The van der Waals surface area contributed by atoms with Crippen molar-refractivity contribution in [3.8, 4) is 16.9 Å². The van der Waals surface area contributed by atoms with Gasteiger partial charge in [-0.3, -0.25) is 14.4 Å². The molecule has 35 heavy (non-hydrogen) atoms. The van der Waals surface area contributed by atoms with Crippen LogP contribution in [0.2, 0.25) is 0 Å². The molecule has 0 unspecified atom stereocenters. The lowest BCUT2D eigenvalue weighted by molar-refractivity contribution is -0.150. The number of hydrogen-bond donors (Lipinski definition) is 1. The van der Waals surface area contributed by atoms with Crippen LogP contribution >= 0.6 is 0 Å². The molecule has 0 aliphatic rings. The molecule has 0 aromatic heterocycles. The molecular weight excluding hydrogens is 446 g/mol. The summed E-state index contributed by atoms with van der Waals surface area (Å²) in [5.41, 5.74) is 2.16. The van der Waals surface area contributed by atoms with Gasteiger partial charge in [-0.25, -0.2) is 0 Å². The molecule has 1 amide bonds. The van der Waals surface area contributed by atoms with E-state index in [0.717, 1.165) is 48.3 Å². The third kappa shape index (κ3) is 10.2. The Labute approximate surface area is 208 Å². The quantitative estimate of drug-likeness (QED) is 0.305. The lowest BCUT2D eigenvalue weighted by Gasteiger charge is -2.33. The van der Waals surface area contributed by atoms with Crippen LogP contribution in [0.5, 0.6) is 5.75 Å². The first-order chi connectivity index (χ1) is 16.7. The van der Waals surface area contributed by atoms with Gasteiger partial charge in [0, 0.05) is 20.8 Å². The number of hydrogen-bond acceptors (Lipinski definition) is 6. The van der Waals surface area contributed by atoms with Gasteiger partial charge in [-0.05, 0) is 48.1 Å². The van der Waals surface area contributed by atoms with Gasteiger partial charge in [0.15, 0.2) is 0 Å². The molecule has 2 aromatic rings. The van der Waals surface area contributed by atoms with Crippen LogP contribution < -0.4 is 10.1 Å². The summed E-state index contributed by atoms with van der Waals surface area (Å²) in [5.74, 6) is -0.378. The van der Waals surface area contributed by atoms with E-state index >= 15 is 0 Å². The zero-order valence-corrected chi connectivity index (χ0v) is 21.2. The average Bonchev–Trinajstić information content (AvgIpc) is 2.83. The van der Waals surface area contributed by atoms with E-state index in [1.54, 1.807) is 0 Å². The Morgan fingerprint density at radius 3 is 2.09 bits per heavy atom. The number of aryl methyl sites for hydroxylation is 1. The smallest absolute Gasteiger partial charge is 0.302 e. The Kier molecular flexibility index (Phi) is 11.3. The summed E-state index contributed by atoms with van der Waals surface area (Å²) in [6, 6.07) is 16.2. The van der Waals surface area contributed by atoms with Crippen molar-refractivity contribution in [1.29, 1.82) is 0 Å². The van der Waals surface area contributed by atoms with Crippen molar-refractivity contribution in [2.75, 3.05) is 19.8 Å².